The lowest BCUT2D eigenvalue weighted by Gasteiger charge is -2.46. The molecule has 2 fully saturated rings. The fraction of sp³-hybridized carbons (Fsp3) is 1.00. The molecule has 1 N–H and O–H groups in total. The van der Waals surface area contributed by atoms with Crippen LogP contribution in [0.2, 0.25) is 0 Å². The van der Waals surface area contributed by atoms with Crippen molar-refractivity contribution in [3.63, 3.8) is 0 Å². The van der Waals surface area contributed by atoms with Crippen molar-refractivity contribution in [2.24, 2.45) is 5.41 Å². The van der Waals surface area contributed by atoms with E-state index in [1.165, 1.54) is 25.7 Å². The Labute approximate surface area is 68.3 Å². The van der Waals surface area contributed by atoms with E-state index in [1.54, 1.807) is 0 Å². The number of hydrogen-bond donors (Lipinski definition) is 1. The molecule has 64 valence electrons. The summed E-state index contributed by atoms with van der Waals surface area (Å²) in [6, 6.07) is 0.779. The van der Waals surface area contributed by atoms with Gasteiger partial charge < -0.3 is 10.1 Å². The maximum Gasteiger partial charge on any atom is 0.0544 e. The maximum atomic E-state index is 5.26. The van der Waals surface area contributed by atoms with Gasteiger partial charge in [-0.05, 0) is 32.7 Å². The van der Waals surface area contributed by atoms with Gasteiger partial charge in [0.2, 0.25) is 0 Å². The molecule has 0 unspecified atom stereocenters. The zero-order chi connectivity index (χ0) is 7.73. The monoisotopic (exact) mass is 155 g/mol. The van der Waals surface area contributed by atoms with E-state index >= 15 is 0 Å². The van der Waals surface area contributed by atoms with Crippen LogP contribution < -0.4 is 5.32 Å². The van der Waals surface area contributed by atoms with Gasteiger partial charge in [0.1, 0.15) is 0 Å². The molecule has 0 amide bonds. The van der Waals surface area contributed by atoms with Crippen LogP contribution in [-0.2, 0) is 4.74 Å². The molecular weight excluding hydrogens is 138 g/mol. The Morgan fingerprint density at radius 2 is 1.91 bits per heavy atom. The van der Waals surface area contributed by atoms with Crippen LogP contribution >= 0.6 is 0 Å². The second kappa shape index (κ2) is 2.76. The molecule has 0 aromatic carbocycles. The van der Waals surface area contributed by atoms with E-state index in [-0.39, 0.29) is 0 Å². The average Bonchev–Trinajstić information content (AvgIpc) is 2.02. The van der Waals surface area contributed by atoms with Crippen molar-refractivity contribution < 1.29 is 4.74 Å². The highest BCUT2D eigenvalue weighted by Crippen LogP contribution is 2.41. The van der Waals surface area contributed by atoms with Gasteiger partial charge in [0.15, 0.2) is 0 Å². The summed E-state index contributed by atoms with van der Waals surface area (Å²) >= 11 is 0. The van der Waals surface area contributed by atoms with Crippen molar-refractivity contribution in [2.45, 2.75) is 31.7 Å². The molecule has 1 heterocycles. The van der Waals surface area contributed by atoms with E-state index in [1.807, 2.05) is 0 Å². The molecule has 0 aromatic heterocycles. The summed E-state index contributed by atoms with van der Waals surface area (Å²) in [5, 5.41) is 3.35. The molecule has 1 aliphatic heterocycles. The van der Waals surface area contributed by atoms with Crippen LogP contribution in [0.5, 0.6) is 0 Å². The lowest BCUT2D eigenvalue weighted by molar-refractivity contribution is -0.133. The second-order valence-corrected chi connectivity index (χ2v) is 4.06. The Kier molecular flexibility index (Phi) is 1.90. The summed E-state index contributed by atoms with van der Waals surface area (Å²) in [5.74, 6) is 0. The fourth-order valence-electron chi connectivity index (χ4n) is 2.20. The number of nitrogens with one attached hydrogen (secondary N) is 1. The Bertz CT molecular complexity index is 132. The van der Waals surface area contributed by atoms with Crippen LogP contribution in [0.4, 0.5) is 0 Å². The Morgan fingerprint density at radius 1 is 1.27 bits per heavy atom. The lowest BCUT2D eigenvalue weighted by Crippen LogP contribution is -2.47. The molecule has 2 nitrogen and oxygen atoms in total. The minimum absolute atomic E-state index is 0.618. The topological polar surface area (TPSA) is 21.3 Å². The third-order valence-electron chi connectivity index (χ3n) is 3.27. The standard InChI is InChI=1S/C9H17NO/c1-10-8-2-4-9(5-3-8)6-11-7-9/h8,10H,2-7H2,1H3. The molecule has 2 heteroatoms. The summed E-state index contributed by atoms with van der Waals surface area (Å²) < 4.78 is 5.26. The maximum absolute atomic E-state index is 5.26. The van der Waals surface area contributed by atoms with Crippen molar-refractivity contribution in [1.82, 2.24) is 5.32 Å². The Hall–Kier alpha value is -0.0800. The van der Waals surface area contributed by atoms with E-state index in [0.717, 1.165) is 19.3 Å². The minimum Gasteiger partial charge on any atom is -0.380 e. The quantitative estimate of drug-likeness (QED) is 0.613. The summed E-state index contributed by atoms with van der Waals surface area (Å²) in [6.45, 7) is 2.06. The van der Waals surface area contributed by atoms with E-state index in [0.29, 0.717) is 5.41 Å². The minimum atomic E-state index is 0.618. The zero-order valence-electron chi connectivity index (χ0n) is 7.23. The van der Waals surface area contributed by atoms with Crippen molar-refractivity contribution in [3.8, 4) is 0 Å². The molecule has 11 heavy (non-hydrogen) atoms. The molecule has 0 bridgehead atoms. The first-order valence-corrected chi connectivity index (χ1v) is 4.60. The van der Waals surface area contributed by atoms with Gasteiger partial charge in [0, 0.05) is 11.5 Å². The summed E-state index contributed by atoms with van der Waals surface area (Å²) in [7, 11) is 2.07. The predicted octanol–water partition coefficient (Wildman–Crippen LogP) is 1.16. The van der Waals surface area contributed by atoms with Gasteiger partial charge in [0.25, 0.3) is 0 Å². The smallest absolute Gasteiger partial charge is 0.0544 e. The molecule has 0 atom stereocenters. The molecular formula is C9H17NO. The second-order valence-electron chi connectivity index (χ2n) is 4.06. The molecule has 2 rings (SSSR count). The van der Waals surface area contributed by atoms with Crippen molar-refractivity contribution in [3.05, 3.63) is 0 Å². The van der Waals surface area contributed by atoms with E-state index in [9.17, 15) is 0 Å². The van der Waals surface area contributed by atoms with Crippen LogP contribution in [0.3, 0.4) is 0 Å². The molecule has 1 saturated heterocycles. The van der Waals surface area contributed by atoms with Crippen molar-refractivity contribution in [1.29, 1.82) is 0 Å². The highest BCUT2D eigenvalue weighted by Gasteiger charge is 2.41. The Balaban J connectivity index is 1.84. The van der Waals surface area contributed by atoms with Crippen LogP contribution in [0.1, 0.15) is 25.7 Å². The molecule has 2 aliphatic rings. The number of ether oxygens (including phenoxy) is 1. The average molecular weight is 155 g/mol. The summed E-state index contributed by atoms with van der Waals surface area (Å²) in [4.78, 5) is 0. The Morgan fingerprint density at radius 3 is 2.27 bits per heavy atom. The van der Waals surface area contributed by atoms with Gasteiger partial charge in [-0.3, -0.25) is 0 Å². The lowest BCUT2D eigenvalue weighted by atomic mass is 9.71. The summed E-state index contributed by atoms with van der Waals surface area (Å²) in [6.07, 6.45) is 5.44. The zero-order valence-corrected chi connectivity index (χ0v) is 7.23. The highest BCUT2D eigenvalue weighted by atomic mass is 16.5. The molecule has 0 radical (unpaired) electrons. The van der Waals surface area contributed by atoms with Crippen LogP contribution in [0.15, 0.2) is 0 Å². The first-order valence-electron chi connectivity index (χ1n) is 4.60. The van der Waals surface area contributed by atoms with Crippen LogP contribution in [-0.4, -0.2) is 26.3 Å². The largest absolute Gasteiger partial charge is 0.380 e. The normalized spacial score (nSPS) is 30.3. The van der Waals surface area contributed by atoms with E-state index in [4.69, 9.17) is 4.74 Å². The number of hydrogen-bond acceptors (Lipinski definition) is 2. The van der Waals surface area contributed by atoms with E-state index < -0.39 is 0 Å². The van der Waals surface area contributed by atoms with Gasteiger partial charge in [-0.2, -0.15) is 0 Å². The van der Waals surface area contributed by atoms with Crippen molar-refractivity contribution >= 4 is 0 Å². The fourth-order valence-corrected chi connectivity index (χ4v) is 2.20. The van der Waals surface area contributed by atoms with E-state index in [2.05, 4.69) is 12.4 Å². The third-order valence-corrected chi connectivity index (χ3v) is 3.27. The first-order chi connectivity index (χ1) is 5.35. The number of rotatable bonds is 1. The molecule has 0 aromatic rings. The SMILES string of the molecule is CNC1CCC2(CC1)COC2. The van der Waals surface area contributed by atoms with Gasteiger partial charge in [0.05, 0.1) is 13.2 Å². The molecule has 1 saturated carbocycles. The summed E-state index contributed by atoms with van der Waals surface area (Å²) in [5.41, 5.74) is 0.618. The molecule has 1 spiro atoms. The van der Waals surface area contributed by atoms with Crippen molar-refractivity contribution in [2.75, 3.05) is 20.3 Å². The van der Waals surface area contributed by atoms with Gasteiger partial charge >= 0.3 is 0 Å². The predicted molar refractivity (Wildman–Crippen MR) is 44.6 cm³/mol. The van der Waals surface area contributed by atoms with Gasteiger partial charge in [-0.15, -0.1) is 0 Å². The van der Waals surface area contributed by atoms with Crippen LogP contribution in [0, 0.1) is 5.41 Å². The van der Waals surface area contributed by atoms with Crippen LogP contribution in [0.25, 0.3) is 0 Å². The third kappa shape index (κ3) is 1.30. The highest BCUT2D eigenvalue weighted by molar-refractivity contribution is 4.91. The first kappa shape index (κ1) is 7.56. The molecule has 1 aliphatic carbocycles. The van der Waals surface area contributed by atoms with Gasteiger partial charge in [-0.1, -0.05) is 0 Å². The van der Waals surface area contributed by atoms with Gasteiger partial charge in [-0.25, -0.2) is 0 Å².